The van der Waals surface area contributed by atoms with Gasteiger partial charge in [0.25, 0.3) is 0 Å². The number of amides is 2. The molecule has 0 saturated carbocycles. The van der Waals surface area contributed by atoms with Crippen molar-refractivity contribution in [3.05, 3.63) is 12.2 Å². The van der Waals surface area contributed by atoms with Crippen LogP contribution in [0.15, 0.2) is 6.33 Å². The summed E-state index contributed by atoms with van der Waals surface area (Å²) in [5, 5.41) is 15.7. The molecular formula is C12H21N5O3. The van der Waals surface area contributed by atoms with Crippen molar-refractivity contribution in [2.75, 3.05) is 19.6 Å². The molecule has 0 fully saturated rings. The molecule has 1 heterocycles. The Morgan fingerprint density at radius 3 is 2.75 bits per heavy atom. The number of aliphatic carboxylic acids is 1. The zero-order valence-corrected chi connectivity index (χ0v) is 12.0. The van der Waals surface area contributed by atoms with Crippen molar-refractivity contribution in [3.63, 3.8) is 0 Å². The Morgan fingerprint density at radius 1 is 1.55 bits per heavy atom. The highest BCUT2D eigenvalue weighted by molar-refractivity contribution is 5.75. The van der Waals surface area contributed by atoms with Crippen molar-refractivity contribution >= 4 is 12.0 Å². The van der Waals surface area contributed by atoms with Crippen molar-refractivity contribution in [2.24, 2.45) is 13.0 Å². The molecule has 0 radical (unpaired) electrons. The van der Waals surface area contributed by atoms with Gasteiger partial charge in [-0.1, -0.05) is 6.92 Å². The lowest BCUT2D eigenvalue weighted by molar-refractivity contribution is -0.141. The number of carbonyl (C=O) groups is 2. The summed E-state index contributed by atoms with van der Waals surface area (Å²) in [6.45, 7) is 4.47. The third kappa shape index (κ3) is 4.87. The number of rotatable bonds is 7. The average molecular weight is 283 g/mol. The van der Waals surface area contributed by atoms with Crippen LogP contribution in [0.25, 0.3) is 0 Å². The average Bonchev–Trinajstić information content (AvgIpc) is 2.81. The number of carboxylic acid groups (broad SMARTS) is 1. The Labute approximate surface area is 117 Å². The summed E-state index contributed by atoms with van der Waals surface area (Å²) in [7, 11) is 1.78. The van der Waals surface area contributed by atoms with E-state index in [0.717, 1.165) is 0 Å². The number of aromatic nitrogens is 3. The van der Waals surface area contributed by atoms with Gasteiger partial charge in [0.2, 0.25) is 0 Å². The van der Waals surface area contributed by atoms with Gasteiger partial charge in [-0.3, -0.25) is 9.48 Å². The van der Waals surface area contributed by atoms with Crippen LogP contribution in [-0.2, 0) is 18.3 Å². The van der Waals surface area contributed by atoms with E-state index < -0.39 is 11.9 Å². The van der Waals surface area contributed by atoms with Gasteiger partial charge in [0.15, 0.2) is 5.82 Å². The van der Waals surface area contributed by atoms with E-state index in [1.54, 1.807) is 25.0 Å². The van der Waals surface area contributed by atoms with Gasteiger partial charge in [-0.25, -0.2) is 9.78 Å². The number of hydrogen-bond acceptors (Lipinski definition) is 4. The molecule has 1 unspecified atom stereocenters. The van der Waals surface area contributed by atoms with Crippen LogP contribution in [-0.4, -0.2) is 56.4 Å². The molecule has 8 nitrogen and oxygen atoms in total. The van der Waals surface area contributed by atoms with Crippen molar-refractivity contribution in [1.82, 2.24) is 25.0 Å². The molecule has 0 aliphatic carbocycles. The predicted molar refractivity (Wildman–Crippen MR) is 72.2 cm³/mol. The second kappa shape index (κ2) is 7.46. The van der Waals surface area contributed by atoms with Crippen LogP contribution in [0.4, 0.5) is 4.79 Å². The Balaban J connectivity index is 2.37. The number of carboxylic acids is 1. The number of nitrogens with zero attached hydrogens (tertiary/aromatic N) is 4. The Morgan fingerprint density at radius 2 is 2.25 bits per heavy atom. The van der Waals surface area contributed by atoms with Crippen LogP contribution in [0.3, 0.4) is 0 Å². The summed E-state index contributed by atoms with van der Waals surface area (Å²) in [6, 6.07) is -0.267. The van der Waals surface area contributed by atoms with Crippen molar-refractivity contribution < 1.29 is 14.7 Å². The van der Waals surface area contributed by atoms with Gasteiger partial charge in [-0.15, -0.1) is 0 Å². The normalized spacial score (nSPS) is 11.9. The summed E-state index contributed by atoms with van der Waals surface area (Å²) in [5.41, 5.74) is 0. The largest absolute Gasteiger partial charge is 0.481 e. The summed E-state index contributed by atoms with van der Waals surface area (Å²) in [6.07, 6.45) is 2.14. The SMILES string of the molecule is CCN(CC(C)C(=O)O)C(=O)NCCc1ncn(C)n1. The minimum absolute atomic E-state index is 0.194. The van der Waals surface area contributed by atoms with Gasteiger partial charge in [-0.2, -0.15) is 5.10 Å². The maximum absolute atomic E-state index is 11.9. The molecule has 20 heavy (non-hydrogen) atoms. The molecule has 8 heteroatoms. The van der Waals surface area contributed by atoms with E-state index in [2.05, 4.69) is 15.4 Å². The van der Waals surface area contributed by atoms with Crippen molar-refractivity contribution in [1.29, 1.82) is 0 Å². The number of aryl methyl sites for hydroxylation is 1. The number of nitrogens with one attached hydrogen (secondary N) is 1. The summed E-state index contributed by atoms with van der Waals surface area (Å²) < 4.78 is 1.60. The number of carbonyl (C=O) groups excluding carboxylic acids is 1. The van der Waals surface area contributed by atoms with E-state index in [1.165, 1.54) is 4.90 Å². The molecule has 0 spiro atoms. The van der Waals surface area contributed by atoms with E-state index in [9.17, 15) is 9.59 Å². The smallest absolute Gasteiger partial charge is 0.317 e. The third-order valence-corrected chi connectivity index (χ3v) is 2.86. The number of urea groups is 1. The predicted octanol–water partition coefficient (Wildman–Crippen LogP) is 0.110. The van der Waals surface area contributed by atoms with E-state index in [4.69, 9.17) is 5.11 Å². The first-order chi connectivity index (χ1) is 9.43. The van der Waals surface area contributed by atoms with E-state index in [-0.39, 0.29) is 12.6 Å². The first-order valence-corrected chi connectivity index (χ1v) is 6.54. The van der Waals surface area contributed by atoms with Crippen LogP contribution >= 0.6 is 0 Å². The lowest BCUT2D eigenvalue weighted by Crippen LogP contribution is -2.43. The fourth-order valence-electron chi connectivity index (χ4n) is 1.66. The molecule has 1 rings (SSSR count). The molecular weight excluding hydrogens is 262 g/mol. The molecule has 1 atom stereocenters. The van der Waals surface area contributed by atoms with Crippen molar-refractivity contribution in [3.8, 4) is 0 Å². The molecule has 112 valence electrons. The third-order valence-electron chi connectivity index (χ3n) is 2.86. The molecule has 0 bridgehead atoms. The zero-order chi connectivity index (χ0) is 15.1. The highest BCUT2D eigenvalue weighted by Gasteiger charge is 2.18. The Bertz CT molecular complexity index is 460. The highest BCUT2D eigenvalue weighted by Crippen LogP contribution is 2.00. The van der Waals surface area contributed by atoms with Crippen LogP contribution < -0.4 is 5.32 Å². The summed E-state index contributed by atoms with van der Waals surface area (Å²) in [5.74, 6) is -0.832. The first-order valence-electron chi connectivity index (χ1n) is 6.54. The van der Waals surface area contributed by atoms with Crippen molar-refractivity contribution in [2.45, 2.75) is 20.3 Å². The van der Waals surface area contributed by atoms with Gasteiger partial charge in [-0.05, 0) is 6.92 Å². The molecule has 0 aromatic carbocycles. The molecule has 0 aliphatic rings. The van der Waals surface area contributed by atoms with Gasteiger partial charge in [0.1, 0.15) is 6.33 Å². The van der Waals surface area contributed by atoms with Gasteiger partial charge < -0.3 is 15.3 Å². The Kier molecular flexibility index (Phi) is 5.95. The van der Waals surface area contributed by atoms with Crippen LogP contribution in [0.1, 0.15) is 19.7 Å². The maximum atomic E-state index is 11.9. The van der Waals surface area contributed by atoms with E-state index >= 15 is 0 Å². The summed E-state index contributed by atoms with van der Waals surface area (Å²) in [4.78, 5) is 28.2. The lowest BCUT2D eigenvalue weighted by Gasteiger charge is -2.23. The van der Waals surface area contributed by atoms with E-state index in [0.29, 0.717) is 25.3 Å². The van der Waals surface area contributed by atoms with Crippen LogP contribution in [0.2, 0.25) is 0 Å². The monoisotopic (exact) mass is 283 g/mol. The second-order valence-corrected chi connectivity index (χ2v) is 4.59. The van der Waals surface area contributed by atoms with Crippen LogP contribution in [0, 0.1) is 5.92 Å². The standard InChI is InChI=1S/C12H21N5O3/c1-4-17(7-9(2)11(18)19)12(20)13-6-5-10-14-8-16(3)15-10/h8-9H,4-7H2,1-3H3,(H,13,20)(H,18,19). The molecule has 1 aromatic rings. The van der Waals surface area contributed by atoms with Gasteiger partial charge in [0, 0.05) is 33.1 Å². The fourth-order valence-corrected chi connectivity index (χ4v) is 1.66. The lowest BCUT2D eigenvalue weighted by atomic mass is 10.2. The van der Waals surface area contributed by atoms with Gasteiger partial charge >= 0.3 is 12.0 Å². The second-order valence-electron chi connectivity index (χ2n) is 4.59. The molecule has 2 amide bonds. The Hall–Kier alpha value is -2.12. The quantitative estimate of drug-likeness (QED) is 0.739. The topological polar surface area (TPSA) is 100 Å². The molecule has 1 aromatic heterocycles. The fraction of sp³-hybridized carbons (Fsp3) is 0.667. The minimum atomic E-state index is -0.908. The maximum Gasteiger partial charge on any atom is 0.317 e. The molecule has 0 aliphatic heterocycles. The first kappa shape index (κ1) is 15.9. The molecule has 2 N–H and O–H groups in total. The highest BCUT2D eigenvalue weighted by atomic mass is 16.4. The van der Waals surface area contributed by atoms with Gasteiger partial charge in [0.05, 0.1) is 5.92 Å². The summed E-state index contributed by atoms with van der Waals surface area (Å²) >= 11 is 0. The van der Waals surface area contributed by atoms with E-state index in [1.807, 2.05) is 6.92 Å². The molecule has 0 saturated heterocycles. The zero-order valence-electron chi connectivity index (χ0n) is 12.0. The van der Waals surface area contributed by atoms with Crippen LogP contribution in [0.5, 0.6) is 0 Å². The minimum Gasteiger partial charge on any atom is -0.481 e. The number of hydrogen-bond donors (Lipinski definition) is 2.